The molecule has 0 spiro atoms. The Balaban J connectivity index is 1.45. The molecular formula is C25H36N4O2. The molecule has 1 aliphatic heterocycles. The summed E-state index contributed by atoms with van der Waals surface area (Å²) in [7, 11) is 0. The number of aryl methyl sites for hydroxylation is 1. The van der Waals surface area contributed by atoms with Crippen molar-refractivity contribution in [3.05, 3.63) is 63.6 Å². The van der Waals surface area contributed by atoms with Gasteiger partial charge < -0.3 is 10.1 Å². The number of ether oxygens (including phenoxy) is 1. The molecule has 1 aromatic carbocycles. The Morgan fingerprint density at radius 3 is 2.84 bits per heavy atom. The second kappa shape index (κ2) is 11.7. The van der Waals surface area contributed by atoms with Crippen molar-refractivity contribution in [1.29, 1.82) is 0 Å². The number of nitrogens with one attached hydrogen (secondary N) is 2. The van der Waals surface area contributed by atoms with Crippen LogP contribution in [0.25, 0.3) is 0 Å². The second-order valence-electron chi connectivity index (χ2n) is 8.23. The molecule has 2 N–H and O–H groups in total. The molecular weight excluding hydrogens is 388 g/mol. The number of benzene rings is 1. The number of allylic oxidation sites excluding steroid dienone is 2. The van der Waals surface area contributed by atoms with Crippen molar-refractivity contribution in [3.8, 4) is 5.75 Å². The minimum absolute atomic E-state index is 0.0796. The first-order valence-corrected chi connectivity index (χ1v) is 11.5. The lowest BCUT2D eigenvalue weighted by Gasteiger charge is -2.32. The SMILES string of the molecule is C/C=C/Cc1c(C)nc(NCCCOc2cccc(C(C)N3CCCCC3)c2)[nH]c1=O. The molecule has 0 radical (unpaired) electrons. The average molecular weight is 425 g/mol. The van der Waals surface area contributed by atoms with Gasteiger partial charge in [0.2, 0.25) is 5.95 Å². The Labute approximate surface area is 185 Å². The van der Waals surface area contributed by atoms with Gasteiger partial charge in [-0.25, -0.2) is 4.98 Å². The van der Waals surface area contributed by atoms with Crippen LogP contribution in [0.1, 0.15) is 62.4 Å². The molecule has 2 aromatic rings. The number of hydrogen-bond donors (Lipinski definition) is 2. The van der Waals surface area contributed by atoms with Crippen LogP contribution in [0.2, 0.25) is 0 Å². The fourth-order valence-corrected chi connectivity index (χ4v) is 4.02. The van der Waals surface area contributed by atoms with Crippen LogP contribution >= 0.6 is 0 Å². The van der Waals surface area contributed by atoms with E-state index in [9.17, 15) is 4.79 Å². The molecule has 3 rings (SSSR count). The highest BCUT2D eigenvalue weighted by Crippen LogP contribution is 2.26. The summed E-state index contributed by atoms with van der Waals surface area (Å²) in [5, 5.41) is 3.20. The summed E-state index contributed by atoms with van der Waals surface area (Å²) in [5.74, 6) is 1.43. The van der Waals surface area contributed by atoms with E-state index in [1.54, 1.807) is 0 Å². The minimum Gasteiger partial charge on any atom is -0.494 e. The largest absolute Gasteiger partial charge is 0.494 e. The Morgan fingerprint density at radius 1 is 1.29 bits per heavy atom. The third-order valence-corrected chi connectivity index (χ3v) is 5.94. The van der Waals surface area contributed by atoms with Crippen molar-refractivity contribution in [2.45, 2.75) is 58.9 Å². The molecule has 31 heavy (non-hydrogen) atoms. The number of likely N-dealkylation sites (tertiary alicyclic amines) is 1. The molecule has 0 bridgehead atoms. The van der Waals surface area contributed by atoms with Crippen LogP contribution in [0, 0.1) is 6.92 Å². The molecule has 1 atom stereocenters. The van der Waals surface area contributed by atoms with Crippen LogP contribution in [0.4, 0.5) is 5.95 Å². The van der Waals surface area contributed by atoms with Gasteiger partial charge in [0.25, 0.3) is 5.56 Å². The van der Waals surface area contributed by atoms with E-state index in [1.165, 1.54) is 37.9 Å². The van der Waals surface area contributed by atoms with E-state index in [1.807, 2.05) is 32.1 Å². The highest BCUT2D eigenvalue weighted by atomic mass is 16.5. The Kier molecular flexibility index (Phi) is 8.71. The number of anilines is 1. The number of piperidine rings is 1. The molecule has 168 valence electrons. The van der Waals surface area contributed by atoms with Crippen molar-refractivity contribution in [2.24, 2.45) is 0 Å². The fourth-order valence-electron chi connectivity index (χ4n) is 4.02. The van der Waals surface area contributed by atoms with Gasteiger partial charge in [0.05, 0.1) is 12.3 Å². The number of nitrogens with zero attached hydrogens (tertiary/aromatic N) is 2. The highest BCUT2D eigenvalue weighted by molar-refractivity contribution is 5.31. The maximum Gasteiger partial charge on any atom is 0.256 e. The number of H-pyrrole nitrogens is 1. The van der Waals surface area contributed by atoms with E-state index in [0.29, 0.717) is 37.1 Å². The van der Waals surface area contributed by atoms with E-state index >= 15 is 0 Å². The number of aromatic amines is 1. The lowest BCUT2D eigenvalue weighted by molar-refractivity contribution is 0.174. The summed E-state index contributed by atoms with van der Waals surface area (Å²) in [6.07, 6.45) is 9.27. The normalized spacial score (nSPS) is 15.8. The first kappa shape index (κ1) is 23.1. The van der Waals surface area contributed by atoms with Crippen LogP contribution in [-0.2, 0) is 6.42 Å². The van der Waals surface area contributed by atoms with Gasteiger partial charge in [-0.2, -0.15) is 0 Å². The summed E-state index contributed by atoms with van der Waals surface area (Å²) in [4.78, 5) is 22.1. The molecule has 6 nitrogen and oxygen atoms in total. The zero-order valence-electron chi connectivity index (χ0n) is 19.1. The van der Waals surface area contributed by atoms with Crippen molar-refractivity contribution >= 4 is 5.95 Å². The monoisotopic (exact) mass is 424 g/mol. The lowest BCUT2D eigenvalue weighted by atomic mass is 10.0. The van der Waals surface area contributed by atoms with E-state index in [0.717, 1.165) is 17.9 Å². The lowest BCUT2D eigenvalue weighted by Crippen LogP contribution is -2.32. The van der Waals surface area contributed by atoms with Gasteiger partial charge in [0, 0.05) is 18.2 Å². The first-order chi connectivity index (χ1) is 15.1. The molecule has 6 heteroatoms. The standard InChI is InChI=1S/C25H36N4O2/c1-4-5-13-23-19(2)27-25(28-24(23)30)26-14-10-17-31-22-12-9-11-21(18-22)20(3)29-15-7-6-8-16-29/h4-5,9,11-12,18,20H,6-8,10,13-17H2,1-3H3,(H2,26,27,28,30)/b5-4+. The predicted octanol–water partition coefficient (Wildman–Crippen LogP) is 4.62. The summed E-state index contributed by atoms with van der Waals surface area (Å²) >= 11 is 0. The Hall–Kier alpha value is -2.60. The number of hydrogen-bond acceptors (Lipinski definition) is 5. The predicted molar refractivity (Wildman–Crippen MR) is 127 cm³/mol. The first-order valence-electron chi connectivity index (χ1n) is 11.5. The maximum absolute atomic E-state index is 12.2. The maximum atomic E-state index is 12.2. The van der Waals surface area contributed by atoms with Gasteiger partial charge in [0.1, 0.15) is 5.75 Å². The quantitative estimate of drug-likeness (QED) is 0.430. The molecule has 2 heterocycles. The van der Waals surface area contributed by atoms with Crippen LogP contribution < -0.4 is 15.6 Å². The van der Waals surface area contributed by atoms with Crippen LogP contribution in [0.5, 0.6) is 5.75 Å². The van der Waals surface area contributed by atoms with Gasteiger partial charge in [-0.05, 0) is 77.2 Å². The zero-order chi connectivity index (χ0) is 22.1. The van der Waals surface area contributed by atoms with Crippen molar-refractivity contribution in [1.82, 2.24) is 14.9 Å². The zero-order valence-corrected chi connectivity index (χ0v) is 19.1. The van der Waals surface area contributed by atoms with E-state index in [2.05, 4.69) is 45.3 Å². The molecule has 1 unspecified atom stereocenters. The third-order valence-electron chi connectivity index (χ3n) is 5.94. The van der Waals surface area contributed by atoms with Crippen LogP contribution in [-0.4, -0.2) is 41.1 Å². The summed E-state index contributed by atoms with van der Waals surface area (Å²) in [6.45, 7) is 9.76. The molecule has 1 aromatic heterocycles. The summed E-state index contributed by atoms with van der Waals surface area (Å²) in [6, 6.07) is 8.88. The smallest absolute Gasteiger partial charge is 0.256 e. The molecule has 1 saturated heterocycles. The van der Waals surface area contributed by atoms with Crippen molar-refractivity contribution in [3.63, 3.8) is 0 Å². The fraction of sp³-hybridized carbons (Fsp3) is 0.520. The summed E-state index contributed by atoms with van der Waals surface area (Å²) < 4.78 is 5.97. The Morgan fingerprint density at radius 2 is 2.10 bits per heavy atom. The third kappa shape index (κ3) is 6.69. The molecule has 0 aliphatic carbocycles. The molecule has 1 fully saturated rings. The second-order valence-corrected chi connectivity index (χ2v) is 8.23. The molecule has 1 aliphatic rings. The topological polar surface area (TPSA) is 70.2 Å². The number of aromatic nitrogens is 2. The van der Waals surface area contributed by atoms with Crippen LogP contribution in [0.15, 0.2) is 41.2 Å². The van der Waals surface area contributed by atoms with Gasteiger partial charge in [-0.1, -0.05) is 30.7 Å². The van der Waals surface area contributed by atoms with Crippen LogP contribution in [0.3, 0.4) is 0 Å². The van der Waals surface area contributed by atoms with Crippen molar-refractivity contribution < 1.29 is 4.74 Å². The number of rotatable bonds is 10. The van der Waals surface area contributed by atoms with E-state index in [4.69, 9.17) is 4.74 Å². The van der Waals surface area contributed by atoms with Gasteiger partial charge >= 0.3 is 0 Å². The van der Waals surface area contributed by atoms with Gasteiger partial charge in [0.15, 0.2) is 0 Å². The average Bonchev–Trinajstić information content (AvgIpc) is 2.78. The van der Waals surface area contributed by atoms with Crippen molar-refractivity contribution in [2.75, 3.05) is 31.6 Å². The van der Waals surface area contributed by atoms with E-state index in [-0.39, 0.29) is 5.56 Å². The molecule has 0 saturated carbocycles. The highest BCUT2D eigenvalue weighted by Gasteiger charge is 2.18. The molecule has 0 amide bonds. The summed E-state index contributed by atoms with van der Waals surface area (Å²) in [5.41, 5.74) is 2.71. The van der Waals surface area contributed by atoms with E-state index < -0.39 is 0 Å². The Bertz CT molecular complexity index is 916. The van der Waals surface area contributed by atoms with Gasteiger partial charge in [-0.3, -0.25) is 14.7 Å². The minimum atomic E-state index is -0.0796. The van der Waals surface area contributed by atoms with Gasteiger partial charge in [-0.15, -0.1) is 0 Å².